The number of phenolic OH excluding ortho intramolecular Hbond substituents is 1. The third-order valence-corrected chi connectivity index (χ3v) is 2.18. The van der Waals surface area contributed by atoms with Gasteiger partial charge in [0.15, 0.2) is 0 Å². The van der Waals surface area contributed by atoms with E-state index >= 15 is 0 Å². The zero-order valence-corrected chi connectivity index (χ0v) is 11.2. The second-order valence-corrected chi connectivity index (χ2v) is 4.97. The summed E-state index contributed by atoms with van der Waals surface area (Å²) < 4.78 is 5.11. The van der Waals surface area contributed by atoms with E-state index in [0.29, 0.717) is 0 Å². The minimum atomic E-state index is -0.735. The Labute approximate surface area is 110 Å². The van der Waals surface area contributed by atoms with Gasteiger partial charge in [-0.05, 0) is 26.8 Å². The van der Waals surface area contributed by atoms with Crippen molar-refractivity contribution in [3.63, 3.8) is 0 Å². The standard InChI is InChI=1S/C12H16N2O5/c1-12(2,3)19-11(16)13(4)10-7-8(15)5-6-9(10)14(17)18/h5-7,15H,1-4H3. The van der Waals surface area contributed by atoms with Gasteiger partial charge in [-0.2, -0.15) is 0 Å². The molecule has 7 heteroatoms. The molecule has 0 aliphatic carbocycles. The number of carbonyl (C=O) groups excluding carboxylic acids is 1. The van der Waals surface area contributed by atoms with Crippen LogP contribution in [0.15, 0.2) is 18.2 Å². The summed E-state index contributed by atoms with van der Waals surface area (Å²) >= 11 is 0. The van der Waals surface area contributed by atoms with Gasteiger partial charge in [0, 0.05) is 19.2 Å². The van der Waals surface area contributed by atoms with E-state index in [0.717, 1.165) is 17.0 Å². The number of amides is 1. The number of aromatic hydroxyl groups is 1. The maximum Gasteiger partial charge on any atom is 0.414 e. The number of hydrogen-bond acceptors (Lipinski definition) is 5. The van der Waals surface area contributed by atoms with E-state index in [1.807, 2.05) is 0 Å². The first-order chi connectivity index (χ1) is 8.61. The number of carbonyl (C=O) groups is 1. The normalized spacial score (nSPS) is 10.9. The molecule has 0 aliphatic heterocycles. The van der Waals surface area contributed by atoms with Crippen LogP contribution in [0.1, 0.15) is 20.8 Å². The van der Waals surface area contributed by atoms with Gasteiger partial charge < -0.3 is 9.84 Å². The van der Waals surface area contributed by atoms with Gasteiger partial charge in [0.25, 0.3) is 5.69 Å². The maximum atomic E-state index is 11.8. The molecule has 19 heavy (non-hydrogen) atoms. The van der Waals surface area contributed by atoms with Crippen molar-refractivity contribution in [1.29, 1.82) is 0 Å². The molecule has 1 rings (SSSR count). The second-order valence-electron chi connectivity index (χ2n) is 4.97. The van der Waals surface area contributed by atoms with Crippen molar-refractivity contribution in [2.24, 2.45) is 0 Å². The van der Waals surface area contributed by atoms with Gasteiger partial charge in [0.1, 0.15) is 17.0 Å². The van der Waals surface area contributed by atoms with E-state index in [-0.39, 0.29) is 17.1 Å². The Kier molecular flexibility index (Phi) is 3.98. The number of nitrogens with zero attached hydrogens (tertiary/aromatic N) is 2. The lowest BCUT2D eigenvalue weighted by molar-refractivity contribution is -0.384. The molecule has 0 heterocycles. The van der Waals surface area contributed by atoms with E-state index < -0.39 is 16.6 Å². The van der Waals surface area contributed by atoms with Crippen molar-refractivity contribution >= 4 is 17.5 Å². The van der Waals surface area contributed by atoms with Crippen molar-refractivity contribution in [2.45, 2.75) is 26.4 Å². The van der Waals surface area contributed by atoms with Crippen molar-refractivity contribution in [3.8, 4) is 5.75 Å². The number of rotatable bonds is 2. The first-order valence-corrected chi connectivity index (χ1v) is 5.56. The molecule has 104 valence electrons. The number of phenols is 1. The van der Waals surface area contributed by atoms with Crippen LogP contribution in [0.25, 0.3) is 0 Å². The lowest BCUT2D eigenvalue weighted by Crippen LogP contribution is -2.34. The molecule has 1 amide bonds. The summed E-state index contributed by atoms with van der Waals surface area (Å²) in [6, 6.07) is 3.46. The summed E-state index contributed by atoms with van der Waals surface area (Å²) in [6.07, 6.45) is -0.735. The molecular formula is C12H16N2O5. The molecule has 7 nitrogen and oxygen atoms in total. The van der Waals surface area contributed by atoms with Crippen molar-refractivity contribution in [1.82, 2.24) is 0 Å². The molecule has 0 saturated carbocycles. The Hall–Kier alpha value is -2.31. The minimum absolute atomic E-state index is 0.0285. The zero-order valence-electron chi connectivity index (χ0n) is 11.2. The van der Waals surface area contributed by atoms with Crippen LogP contribution >= 0.6 is 0 Å². The number of anilines is 1. The van der Waals surface area contributed by atoms with Crippen molar-refractivity contribution in [2.75, 3.05) is 11.9 Å². The van der Waals surface area contributed by atoms with Crippen LogP contribution in [0.4, 0.5) is 16.2 Å². The number of nitro groups is 1. The van der Waals surface area contributed by atoms with Gasteiger partial charge in [-0.25, -0.2) is 4.79 Å². The summed E-state index contributed by atoms with van der Waals surface area (Å²) in [5.41, 5.74) is -1.03. The molecule has 0 unspecified atom stereocenters. The molecule has 1 aromatic rings. The molecule has 0 spiro atoms. The Balaban J connectivity index is 3.11. The van der Waals surface area contributed by atoms with E-state index in [9.17, 15) is 20.0 Å². The fourth-order valence-corrected chi connectivity index (χ4v) is 1.36. The summed E-state index contributed by atoms with van der Waals surface area (Å²) in [5, 5.41) is 20.3. The first kappa shape index (κ1) is 14.7. The van der Waals surface area contributed by atoms with Crippen LogP contribution in [0.3, 0.4) is 0 Å². The highest BCUT2D eigenvalue weighted by atomic mass is 16.6. The van der Waals surface area contributed by atoms with Crippen LogP contribution in [-0.4, -0.2) is 28.8 Å². The quantitative estimate of drug-likeness (QED) is 0.657. The number of nitro benzene ring substituents is 1. The summed E-state index contributed by atoms with van der Waals surface area (Å²) in [4.78, 5) is 23.1. The molecule has 1 N–H and O–H groups in total. The molecule has 1 aromatic carbocycles. The smallest absolute Gasteiger partial charge is 0.414 e. The van der Waals surface area contributed by atoms with Crippen LogP contribution in [0.5, 0.6) is 5.75 Å². The number of ether oxygens (including phenoxy) is 1. The Morgan fingerprint density at radius 3 is 2.47 bits per heavy atom. The van der Waals surface area contributed by atoms with Crippen LogP contribution in [-0.2, 0) is 4.74 Å². The van der Waals surface area contributed by atoms with Gasteiger partial charge in [0.2, 0.25) is 0 Å². The van der Waals surface area contributed by atoms with E-state index in [1.165, 1.54) is 13.1 Å². The van der Waals surface area contributed by atoms with Gasteiger partial charge in [-0.15, -0.1) is 0 Å². The number of benzene rings is 1. The topological polar surface area (TPSA) is 92.9 Å². The van der Waals surface area contributed by atoms with E-state index in [4.69, 9.17) is 4.74 Å². The summed E-state index contributed by atoms with van der Waals surface area (Å²) in [7, 11) is 1.34. The molecule has 0 saturated heterocycles. The summed E-state index contributed by atoms with van der Waals surface area (Å²) in [6.45, 7) is 5.07. The van der Waals surface area contributed by atoms with Gasteiger partial charge in [0.05, 0.1) is 4.92 Å². The van der Waals surface area contributed by atoms with Crippen molar-refractivity contribution in [3.05, 3.63) is 28.3 Å². The summed E-state index contributed by atoms with van der Waals surface area (Å²) in [5.74, 6) is -0.170. The fourth-order valence-electron chi connectivity index (χ4n) is 1.36. The predicted molar refractivity (Wildman–Crippen MR) is 69.4 cm³/mol. The van der Waals surface area contributed by atoms with Gasteiger partial charge in [-0.1, -0.05) is 0 Å². The average molecular weight is 268 g/mol. The minimum Gasteiger partial charge on any atom is -0.508 e. The monoisotopic (exact) mass is 268 g/mol. The molecule has 0 aromatic heterocycles. The highest BCUT2D eigenvalue weighted by Crippen LogP contribution is 2.31. The third kappa shape index (κ3) is 3.84. The van der Waals surface area contributed by atoms with Crippen LogP contribution in [0, 0.1) is 10.1 Å². The average Bonchev–Trinajstić information content (AvgIpc) is 2.25. The molecule has 0 fully saturated rings. The lowest BCUT2D eigenvalue weighted by atomic mass is 10.2. The lowest BCUT2D eigenvalue weighted by Gasteiger charge is -2.24. The second kappa shape index (κ2) is 5.13. The zero-order chi connectivity index (χ0) is 14.8. The van der Waals surface area contributed by atoms with Crippen LogP contribution in [0.2, 0.25) is 0 Å². The molecule has 0 bridgehead atoms. The highest BCUT2D eigenvalue weighted by Gasteiger charge is 2.26. The highest BCUT2D eigenvalue weighted by molar-refractivity contribution is 5.90. The maximum absolute atomic E-state index is 11.8. The number of hydrogen-bond donors (Lipinski definition) is 1. The molecule has 0 radical (unpaired) electrons. The Bertz CT molecular complexity index is 507. The third-order valence-electron chi connectivity index (χ3n) is 2.18. The predicted octanol–water partition coefficient (Wildman–Crippen LogP) is 2.67. The molecular weight excluding hydrogens is 252 g/mol. The Morgan fingerprint density at radius 2 is 2.00 bits per heavy atom. The largest absolute Gasteiger partial charge is 0.508 e. The Morgan fingerprint density at radius 1 is 1.42 bits per heavy atom. The first-order valence-electron chi connectivity index (χ1n) is 5.56. The van der Waals surface area contributed by atoms with Gasteiger partial charge >= 0.3 is 6.09 Å². The van der Waals surface area contributed by atoms with Gasteiger partial charge in [-0.3, -0.25) is 15.0 Å². The SMILES string of the molecule is CN(C(=O)OC(C)(C)C)c1cc(O)ccc1[N+](=O)[O-]. The van der Waals surface area contributed by atoms with E-state index in [2.05, 4.69) is 0 Å². The van der Waals surface area contributed by atoms with Crippen LogP contribution < -0.4 is 4.90 Å². The fraction of sp³-hybridized carbons (Fsp3) is 0.417. The van der Waals surface area contributed by atoms with Crippen molar-refractivity contribution < 1.29 is 19.6 Å². The van der Waals surface area contributed by atoms with E-state index in [1.54, 1.807) is 20.8 Å². The molecule has 0 aliphatic rings. The molecule has 0 atom stereocenters.